The Hall–Kier alpha value is -0.770. The molecule has 16 heavy (non-hydrogen) atoms. The highest BCUT2D eigenvalue weighted by Gasteiger charge is 2.08. The van der Waals surface area contributed by atoms with Crippen LogP contribution in [0, 0.1) is 0 Å². The molecule has 0 bridgehead atoms. The number of likely N-dealkylation sites (N-methyl/N-ethyl adjacent to an activating group) is 1. The van der Waals surface area contributed by atoms with Crippen LogP contribution >= 0.6 is 11.6 Å². The first kappa shape index (κ1) is 13.3. The summed E-state index contributed by atoms with van der Waals surface area (Å²) in [7, 11) is 3.70. The van der Waals surface area contributed by atoms with Crippen molar-refractivity contribution in [1.29, 1.82) is 0 Å². The van der Waals surface area contributed by atoms with Crippen molar-refractivity contribution in [2.24, 2.45) is 5.73 Å². The van der Waals surface area contributed by atoms with E-state index in [-0.39, 0.29) is 6.04 Å². The summed E-state index contributed by atoms with van der Waals surface area (Å²) in [5, 5.41) is 0.727. The average Bonchev–Trinajstić information content (AvgIpc) is 2.16. The molecular weight excluding hydrogens is 224 g/mol. The highest BCUT2D eigenvalue weighted by atomic mass is 35.5. The second-order valence-corrected chi connectivity index (χ2v) is 4.57. The normalized spacial score (nSPS) is 12.9. The van der Waals surface area contributed by atoms with Crippen molar-refractivity contribution >= 4 is 11.6 Å². The fraction of sp³-hybridized carbons (Fsp3) is 0.500. The second-order valence-electron chi connectivity index (χ2n) is 4.13. The van der Waals surface area contributed by atoms with Crippen LogP contribution in [0.4, 0.5) is 0 Å². The first-order chi connectivity index (χ1) is 7.52. The van der Waals surface area contributed by atoms with Crippen molar-refractivity contribution in [1.82, 2.24) is 4.90 Å². The van der Waals surface area contributed by atoms with Gasteiger partial charge < -0.3 is 15.4 Å². The summed E-state index contributed by atoms with van der Waals surface area (Å²) in [5.41, 5.74) is 6.83. The summed E-state index contributed by atoms with van der Waals surface area (Å²) in [6.07, 6.45) is 0. The molecule has 2 N–H and O–H groups in total. The number of methoxy groups -OCH3 is 1. The minimum absolute atomic E-state index is 0.162. The van der Waals surface area contributed by atoms with E-state index in [0.717, 1.165) is 29.4 Å². The summed E-state index contributed by atoms with van der Waals surface area (Å²) in [6.45, 7) is 3.62. The Morgan fingerprint density at radius 2 is 2.19 bits per heavy atom. The molecule has 1 aromatic rings. The molecule has 0 aliphatic carbocycles. The minimum Gasteiger partial charge on any atom is -0.496 e. The smallest absolute Gasteiger partial charge is 0.123 e. The fourth-order valence-corrected chi connectivity index (χ4v) is 1.91. The molecule has 0 heterocycles. The topological polar surface area (TPSA) is 38.5 Å². The van der Waals surface area contributed by atoms with E-state index in [4.69, 9.17) is 22.1 Å². The van der Waals surface area contributed by atoms with Crippen molar-refractivity contribution in [3.8, 4) is 5.75 Å². The summed E-state index contributed by atoms with van der Waals surface area (Å²) < 4.78 is 5.29. The number of ether oxygens (including phenoxy) is 1. The molecule has 90 valence electrons. The van der Waals surface area contributed by atoms with Crippen LogP contribution in [0.15, 0.2) is 18.2 Å². The van der Waals surface area contributed by atoms with Crippen LogP contribution in [0.3, 0.4) is 0 Å². The molecule has 0 saturated heterocycles. The van der Waals surface area contributed by atoms with Crippen molar-refractivity contribution in [2.75, 3.05) is 20.7 Å². The molecule has 4 heteroatoms. The van der Waals surface area contributed by atoms with Gasteiger partial charge in [0.1, 0.15) is 5.75 Å². The summed E-state index contributed by atoms with van der Waals surface area (Å²) >= 11 is 5.96. The first-order valence-corrected chi connectivity index (χ1v) is 5.67. The molecular formula is C12H19ClN2O. The van der Waals surface area contributed by atoms with E-state index in [1.165, 1.54) is 0 Å². The lowest BCUT2D eigenvalue weighted by Gasteiger charge is -2.20. The van der Waals surface area contributed by atoms with Crippen molar-refractivity contribution in [2.45, 2.75) is 19.5 Å². The molecule has 1 rings (SSSR count). The number of nitrogens with two attached hydrogens (primary N) is 1. The molecule has 0 aromatic heterocycles. The zero-order chi connectivity index (χ0) is 12.1. The Balaban J connectivity index is 2.74. The second kappa shape index (κ2) is 6.09. The Kier molecular flexibility index (Phi) is 5.06. The number of halogens is 1. The van der Waals surface area contributed by atoms with Gasteiger partial charge in [0.2, 0.25) is 0 Å². The lowest BCUT2D eigenvalue weighted by molar-refractivity contribution is 0.302. The Morgan fingerprint density at radius 3 is 2.75 bits per heavy atom. The number of hydrogen-bond donors (Lipinski definition) is 1. The minimum atomic E-state index is 0.162. The molecule has 3 nitrogen and oxygen atoms in total. The van der Waals surface area contributed by atoms with Crippen molar-refractivity contribution < 1.29 is 4.74 Å². The third kappa shape index (κ3) is 4.00. The van der Waals surface area contributed by atoms with Crippen LogP contribution in [-0.2, 0) is 6.54 Å². The first-order valence-electron chi connectivity index (χ1n) is 5.29. The Morgan fingerprint density at radius 1 is 1.50 bits per heavy atom. The maximum Gasteiger partial charge on any atom is 0.123 e. The molecule has 0 fully saturated rings. The van der Waals surface area contributed by atoms with E-state index < -0.39 is 0 Å². The summed E-state index contributed by atoms with van der Waals surface area (Å²) in [6, 6.07) is 5.81. The van der Waals surface area contributed by atoms with Crippen LogP contribution in [0.1, 0.15) is 12.5 Å². The lowest BCUT2D eigenvalue weighted by Crippen LogP contribution is -2.32. The number of benzene rings is 1. The predicted octanol–water partition coefficient (Wildman–Crippen LogP) is 2.13. The van der Waals surface area contributed by atoms with E-state index in [1.54, 1.807) is 7.11 Å². The molecule has 0 radical (unpaired) electrons. The van der Waals surface area contributed by atoms with Gasteiger partial charge in [-0.1, -0.05) is 11.6 Å². The maximum absolute atomic E-state index is 5.96. The van der Waals surface area contributed by atoms with E-state index >= 15 is 0 Å². The van der Waals surface area contributed by atoms with Gasteiger partial charge in [-0.25, -0.2) is 0 Å². The summed E-state index contributed by atoms with van der Waals surface area (Å²) in [4.78, 5) is 2.15. The molecule has 1 atom stereocenters. The van der Waals surface area contributed by atoms with Gasteiger partial charge in [-0.05, 0) is 32.2 Å². The highest BCUT2D eigenvalue weighted by Crippen LogP contribution is 2.23. The van der Waals surface area contributed by atoms with Gasteiger partial charge in [0.25, 0.3) is 0 Å². The van der Waals surface area contributed by atoms with Gasteiger partial charge in [0.05, 0.1) is 7.11 Å². The molecule has 0 aliphatic heterocycles. The average molecular weight is 243 g/mol. The SMILES string of the molecule is COc1ccc(Cl)cc1CN(C)CC(C)N. The fourth-order valence-electron chi connectivity index (χ4n) is 1.72. The molecule has 0 amide bonds. The van der Waals surface area contributed by atoms with Gasteiger partial charge >= 0.3 is 0 Å². The third-order valence-corrected chi connectivity index (χ3v) is 2.52. The highest BCUT2D eigenvalue weighted by molar-refractivity contribution is 6.30. The van der Waals surface area contributed by atoms with Gasteiger partial charge in [-0.3, -0.25) is 0 Å². The van der Waals surface area contributed by atoms with Crippen LogP contribution in [0.5, 0.6) is 5.75 Å². The van der Waals surface area contributed by atoms with Gasteiger partial charge in [0, 0.05) is 29.7 Å². The van der Waals surface area contributed by atoms with Crippen LogP contribution in [0.2, 0.25) is 5.02 Å². The number of hydrogen-bond acceptors (Lipinski definition) is 3. The molecule has 1 aromatic carbocycles. The number of rotatable bonds is 5. The zero-order valence-corrected chi connectivity index (χ0v) is 10.8. The monoisotopic (exact) mass is 242 g/mol. The quantitative estimate of drug-likeness (QED) is 0.860. The van der Waals surface area contributed by atoms with Crippen molar-refractivity contribution in [3.05, 3.63) is 28.8 Å². The molecule has 0 saturated carbocycles. The van der Waals surface area contributed by atoms with Gasteiger partial charge in [-0.2, -0.15) is 0 Å². The predicted molar refractivity (Wildman–Crippen MR) is 68.0 cm³/mol. The van der Waals surface area contributed by atoms with E-state index in [0.29, 0.717) is 0 Å². The standard InChI is InChI=1S/C12H19ClN2O/c1-9(14)7-15(2)8-10-6-11(13)4-5-12(10)16-3/h4-6,9H,7-8,14H2,1-3H3. The molecule has 1 unspecified atom stereocenters. The van der Waals surface area contributed by atoms with Gasteiger partial charge in [-0.15, -0.1) is 0 Å². The lowest BCUT2D eigenvalue weighted by atomic mass is 10.2. The zero-order valence-electron chi connectivity index (χ0n) is 10.0. The van der Waals surface area contributed by atoms with E-state index in [2.05, 4.69) is 4.90 Å². The number of nitrogens with zero attached hydrogens (tertiary/aromatic N) is 1. The summed E-state index contributed by atoms with van der Waals surface area (Å²) in [5.74, 6) is 0.862. The Bertz CT molecular complexity index is 342. The third-order valence-electron chi connectivity index (χ3n) is 2.28. The Labute approximate surface area is 102 Å². The van der Waals surface area contributed by atoms with Gasteiger partial charge in [0.15, 0.2) is 0 Å². The van der Waals surface area contributed by atoms with Crippen molar-refractivity contribution in [3.63, 3.8) is 0 Å². The van der Waals surface area contributed by atoms with E-state index in [1.807, 2.05) is 32.2 Å². The van der Waals surface area contributed by atoms with E-state index in [9.17, 15) is 0 Å². The maximum atomic E-state index is 5.96. The van der Waals surface area contributed by atoms with Crippen LogP contribution in [-0.4, -0.2) is 31.6 Å². The largest absolute Gasteiger partial charge is 0.496 e. The molecule has 0 aliphatic rings. The molecule has 0 spiro atoms. The van der Waals surface area contributed by atoms with Crippen LogP contribution < -0.4 is 10.5 Å². The van der Waals surface area contributed by atoms with Crippen LogP contribution in [0.25, 0.3) is 0 Å².